The molecule has 4 nitrogen and oxygen atoms in total. The Morgan fingerprint density at radius 1 is 1.73 bits per heavy atom. The van der Waals surface area contributed by atoms with Gasteiger partial charge in [0.1, 0.15) is 6.73 Å². The number of nitrogens with zero attached hydrogens (tertiary/aromatic N) is 1. The molecule has 0 aromatic rings. The van der Waals surface area contributed by atoms with Crippen molar-refractivity contribution in [3.8, 4) is 0 Å². The van der Waals surface area contributed by atoms with Gasteiger partial charge in [0.15, 0.2) is 0 Å². The summed E-state index contributed by atoms with van der Waals surface area (Å²) in [5, 5.41) is 9.70. The molecular formula is C10H19NO3S. The number of carbonyl (C=O) groups excluding carboxylic acids is 1. The Kier molecular flexibility index (Phi) is 7.46. The second-order valence-electron chi connectivity index (χ2n) is 3.28. The van der Waals surface area contributed by atoms with Gasteiger partial charge in [-0.3, -0.25) is 4.79 Å². The van der Waals surface area contributed by atoms with Gasteiger partial charge in [-0.15, -0.1) is 6.58 Å². The Morgan fingerprint density at radius 2 is 2.33 bits per heavy atom. The number of ether oxygens (including phenoxy) is 1. The summed E-state index contributed by atoms with van der Waals surface area (Å²) >= 11 is 3.89. The zero-order valence-corrected chi connectivity index (χ0v) is 10.1. The molecule has 0 aromatic carbocycles. The van der Waals surface area contributed by atoms with Crippen LogP contribution in [0.1, 0.15) is 20.3 Å². The van der Waals surface area contributed by atoms with Crippen molar-refractivity contribution in [2.45, 2.75) is 32.4 Å². The van der Waals surface area contributed by atoms with Gasteiger partial charge in [0.25, 0.3) is 0 Å². The molecule has 0 spiro atoms. The smallest absolute Gasteiger partial charge is 0.221 e. The Balaban J connectivity index is 4.32. The van der Waals surface area contributed by atoms with Crippen molar-refractivity contribution in [3.05, 3.63) is 12.7 Å². The second kappa shape index (κ2) is 7.73. The lowest BCUT2D eigenvalue weighted by atomic mass is 10.1. The summed E-state index contributed by atoms with van der Waals surface area (Å²) in [5.74, 6) is 0.112. The van der Waals surface area contributed by atoms with Crippen LogP contribution in [0.15, 0.2) is 12.7 Å². The van der Waals surface area contributed by atoms with Gasteiger partial charge in [-0.2, -0.15) is 12.6 Å². The molecular weight excluding hydrogens is 214 g/mol. The molecule has 0 saturated carbocycles. The first-order valence-corrected chi connectivity index (χ1v) is 5.42. The van der Waals surface area contributed by atoms with Gasteiger partial charge in [0, 0.05) is 6.92 Å². The molecule has 0 fully saturated rings. The number of aliphatic hydroxyl groups is 1. The maximum absolute atomic E-state index is 11.3. The minimum atomic E-state index is -0.616. The van der Waals surface area contributed by atoms with Gasteiger partial charge in [0.2, 0.25) is 5.91 Å². The fourth-order valence-corrected chi connectivity index (χ4v) is 1.29. The summed E-state index contributed by atoms with van der Waals surface area (Å²) < 4.78 is 5.04. The summed E-state index contributed by atoms with van der Waals surface area (Å²) in [6.45, 7) is 6.91. The average Bonchev–Trinajstić information content (AvgIpc) is 2.18. The molecule has 0 rings (SSSR count). The first-order valence-electron chi connectivity index (χ1n) is 4.79. The molecule has 0 radical (unpaired) electrons. The van der Waals surface area contributed by atoms with E-state index in [1.165, 1.54) is 11.8 Å². The third kappa shape index (κ3) is 5.20. The SMILES string of the molecule is C=CCC(O)C(C)N(COCS)C(C)=O. The molecule has 0 aromatic heterocycles. The third-order valence-electron chi connectivity index (χ3n) is 2.18. The summed E-state index contributed by atoms with van der Waals surface area (Å²) in [4.78, 5) is 12.7. The van der Waals surface area contributed by atoms with Gasteiger partial charge in [-0.05, 0) is 13.3 Å². The van der Waals surface area contributed by atoms with E-state index in [0.717, 1.165) is 0 Å². The molecule has 1 amide bonds. The topological polar surface area (TPSA) is 49.8 Å². The molecule has 0 aliphatic carbocycles. The summed E-state index contributed by atoms with van der Waals surface area (Å²) in [6.07, 6.45) is 1.46. The molecule has 2 atom stereocenters. The van der Waals surface area contributed by atoms with Crippen molar-refractivity contribution in [3.63, 3.8) is 0 Å². The van der Waals surface area contributed by atoms with Crippen molar-refractivity contribution < 1.29 is 14.6 Å². The maximum Gasteiger partial charge on any atom is 0.221 e. The normalized spacial score (nSPS) is 14.4. The zero-order valence-electron chi connectivity index (χ0n) is 9.22. The molecule has 0 heterocycles. The highest BCUT2D eigenvalue weighted by atomic mass is 32.1. The van der Waals surface area contributed by atoms with Crippen LogP contribution < -0.4 is 0 Å². The second-order valence-corrected chi connectivity index (χ2v) is 3.54. The van der Waals surface area contributed by atoms with E-state index in [9.17, 15) is 9.90 Å². The van der Waals surface area contributed by atoms with Gasteiger partial charge in [0.05, 0.1) is 18.1 Å². The monoisotopic (exact) mass is 233 g/mol. The van der Waals surface area contributed by atoms with E-state index < -0.39 is 6.10 Å². The van der Waals surface area contributed by atoms with Crippen molar-refractivity contribution in [2.75, 3.05) is 12.7 Å². The molecule has 5 heteroatoms. The van der Waals surface area contributed by atoms with Gasteiger partial charge in [-0.1, -0.05) is 6.08 Å². The summed E-state index contributed by atoms with van der Waals surface area (Å²) in [6, 6.07) is -0.291. The lowest BCUT2D eigenvalue weighted by Crippen LogP contribution is -2.45. The molecule has 88 valence electrons. The third-order valence-corrected chi connectivity index (χ3v) is 2.37. The van der Waals surface area contributed by atoms with E-state index in [4.69, 9.17) is 4.74 Å². The molecule has 15 heavy (non-hydrogen) atoms. The van der Waals surface area contributed by atoms with Crippen molar-refractivity contribution >= 4 is 18.5 Å². The molecule has 0 saturated heterocycles. The Labute approximate surface area is 96.3 Å². The maximum atomic E-state index is 11.3. The number of hydrogen-bond acceptors (Lipinski definition) is 4. The standard InChI is InChI=1S/C10H19NO3S/c1-4-5-10(13)8(2)11(9(3)12)6-14-7-15/h4,8,10,13,15H,1,5-7H2,2-3H3. The lowest BCUT2D eigenvalue weighted by Gasteiger charge is -2.30. The van der Waals surface area contributed by atoms with Crippen molar-refractivity contribution in [1.29, 1.82) is 0 Å². The Bertz CT molecular complexity index is 211. The summed E-state index contributed by atoms with van der Waals surface area (Å²) in [7, 11) is 0. The van der Waals surface area contributed by atoms with E-state index in [1.54, 1.807) is 13.0 Å². The first-order chi connectivity index (χ1) is 7.04. The minimum absolute atomic E-state index is 0.132. The Hall–Kier alpha value is -0.520. The van der Waals surface area contributed by atoms with Gasteiger partial charge >= 0.3 is 0 Å². The van der Waals surface area contributed by atoms with Crippen LogP contribution in [-0.4, -0.2) is 40.7 Å². The van der Waals surface area contributed by atoms with Crippen LogP contribution in [0, 0.1) is 0 Å². The number of rotatable bonds is 7. The van der Waals surface area contributed by atoms with Crippen LogP contribution >= 0.6 is 12.6 Å². The number of aliphatic hydroxyl groups excluding tert-OH is 1. The minimum Gasteiger partial charge on any atom is -0.391 e. The van der Waals surface area contributed by atoms with E-state index >= 15 is 0 Å². The number of thiol groups is 1. The highest BCUT2D eigenvalue weighted by molar-refractivity contribution is 7.80. The van der Waals surface area contributed by atoms with E-state index in [2.05, 4.69) is 19.2 Å². The van der Waals surface area contributed by atoms with Crippen LogP contribution in [0.5, 0.6) is 0 Å². The van der Waals surface area contributed by atoms with Gasteiger partial charge < -0.3 is 14.7 Å². The largest absolute Gasteiger partial charge is 0.391 e. The average molecular weight is 233 g/mol. The Morgan fingerprint density at radius 3 is 2.73 bits per heavy atom. The lowest BCUT2D eigenvalue weighted by molar-refractivity contribution is -0.139. The fourth-order valence-electron chi connectivity index (χ4n) is 1.21. The fraction of sp³-hybridized carbons (Fsp3) is 0.700. The molecule has 0 bridgehead atoms. The van der Waals surface area contributed by atoms with Crippen LogP contribution in [0.3, 0.4) is 0 Å². The molecule has 2 unspecified atom stereocenters. The van der Waals surface area contributed by atoms with Crippen molar-refractivity contribution in [2.24, 2.45) is 0 Å². The number of carbonyl (C=O) groups is 1. The van der Waals surface area contributed by atoms with Gasteiger partial charge in [-0.25, -0.2) is 0 Å². The van der Waals surface area contributed by atoms with E-state index in [1.807, 2.05) is 0 Å². The highest BCUT2D eigenvalue weighted by Gasteiger charge is 2.22. The van der Waals surface area contributed by atoms with Crippen LogP contribution in [-0.2, 0) is 9.53 Å². The molecule has 1 N–H and O–H groups in total. The van der Waals surface area contributed by atoms with Crippen LogP contribution in [0.25, 0.3) is 0 Å². The van der Waals surface area contributed by atoms with Crippen molar-refractivity contribution in [1.82, 2.24) is 4.90 Å². The zero-order chi connectivity index (χ0) is 11.8. The van der Waals surface area contributed by atoms with E-state index in [0.29, 0.717) is 6.42 Å². The highest BCUT2D eigenvalue weighted by Crippen LogP contribution is 2.09. The van der Waals surface area contributed by atoms with Crippen LogP contribution in [0.4, 0.5) is 0 Å². The molecule has 0 aliphatic rings. The quantitative estimate of drug-likeness (QED) is 0.392. The molecule has 0 aliphatic heterocycles. The van der Waals surface area contributed by atoms with Crippen LogP contribution in [0.2, 0.25) is 0 Å². The number of hydrogen-bond donors (Lipinski definition) is 2. The number of amides is 1. The first kappa shape index (κ1) is 14.5. The summed E-state index contributed by atoms with van der Waals surface area (Å²) in [5.41, 5.74) is 0. The van der Waals surface area contributed by atoms with E-state index in [-0.39, 0.29) is 24.6 Å². The predicted molar refractivity (Wildman–Crippen MR) is 62.6 cm³/mol. The predicted octanol–water partition coefficient (Wildman–Crippen LogP) is 1.02.